The normalized spacial score (nSPS) is 9.14. The molecule has 0 unspecified atom stereocenters. The van der Waals surface area contributed by atoms with Gasteiger partial charge >= 0.3 is 17.1 Å². The maximum Gasteiger partial charge on any atom is 2.00 e. The van der Waals surface area contributed by atoms with Crippen molar-refractivity contribution in [3.05, 3.63) is 60.2 Å². The molecule has 2 rings (SSSR count). The van der Waals surface area contributed by atoms with E-state index in [1.54, 1.807) is 0 Å². The van der Waals surface area contributed by atoms with Crippen LogP contribution in [0.1, 0.15) is 31.2 Å². The summed E-state index contributed by atoms with van der Waals surface area (Å²) in [5, 5.41) is 3.44. The number of halogens is 1. The summed E-state index contributed by atoms with van der Waals surface area (Å²) >= 11 is 0. The zero-order chi connectivity index (χ0) is 14.3. The van der Waals surface area contributed by atoms with Crippen LogP contribution in [0, 0.1) is 0 Å². The minimum absolute atomic E-state index is 0. The first-order chi connectivity index (χ1) is 9.93. The monoisotopic (exact) mass is 408 g/mol. The molecule has 0 atom stereocenters. The van der Waals surface area contributed by atoms with E-state index < -0.39 is 0 Å². The Labute approximate surface area is 156 Å². The van der Waals surface area contributed by atoms with Gasteiger partial charge in [0, 0.05) is 0 Å². The first-order valence-corrected chi connectivity index (χ1v) is 7.71. The predicted molar refractivity (Wildman–Crippen MR) is 98.5 cm³/mol. The molecule has 2 aromatic carbocycles. The van der Waals surface area contributed by atoms with Gasteiger partial charge < -0.3 is 11.1 Å². The quantitative estimate of drug-likeness (QED) is 0.373. The van der Waals surface area contributed by atoms with Crippen molar-refractivity contribution in [2.45, 2.75) is 32.1 Å². The van der Waals surface area contributed by atoms with Gasteiger partial charge in [0.05, 0.1) is 0 Å². The average molecular weight is 409 g/mol. The Bertz CT molecular complexity index is 356. The van der Waals surface area contributed by atoms with Crippen molar-refractivity contribution in [1.82, 2.24) is 5.32 Å². The van der Waals surface area contributed by atoms with E-state index in [4.69, 9.17) is 5.73 Å². The number of rotatable bonds is 9. The molecule has 0 aliphatic carbocycles. The first-order valence-electron chi connectivity index (χ1n) is 7.71. The van der Waals surface area contributed by atoms with Gasteiger partial charge in [0.25, 0.3) is 0 Å². The van der Waals surface area contributed by atoms with Crippen LogP contribution in [0.2, 0.25) is 0 Å². The Morgan fingerprint density at radius 2 is 1.59 bits per heavy atom. The average Bonchev–Trinajstić information content (AvgIpc) is 3.17. The summed E-state index contributed by atoms with van der Waals surface area (Å²) in [5.41, 5.74) is 6.89. The van der Waals surface area contributed by atoms with E-state index in [0.717, 1.165) is 26.1 Å². The second kappa shape index (κ2) is 18.7. The molecule has 0 radical (unpaired) electrons. The topological polar surface area (TPSA) is 38.0 Å². The molecule has 0 saturated carbocycles. The molecule has 126 valence electrons. The predicted octanol–water partition coefficient (Wildman–Crippen LogP) is 4.04. The Hall–Kier alpha value is -0.381. The summed E-state index contributed by atoms with van der Waals surface area (Å²) in [5.74, 6) is 0. The molecule has 0 bridgehead atoms. The molecule has 0 aliphatic rings. The van der Waals surface area contributed by atoms with Gasteiger partial charge in [-0.05, 0) is 38.9 Å². The maximum atomic E-state index is 5.42. The van der Waals surface area contributed by atoms with Crippen molar-refractivity contribution in [2.75, 3.05) is 19.6 Å². The second-order valence-corrected chi connectivity index (χ2v) is 4.96. The van der Waals surface area contributed by atoms with Crippen molar-refractivity contribution in [3.8, 4) is 0 Å². The van der Waals surface area contributed by atoms with Crippen LogP contribution in [0.15, 0.2) is 54.6 Å². The Balaban J connectivity index is 0. The summed E-state index contributed by atoms with van der Waals surface area (Å²) in [6, 6.07) is 18.6. The molecule has 4 heteroatoms. The number of aryl methyl sites for hydroxylation is 1. The first kappa shape index (κ1) is 23.9. The van der Waals surface area contributed by atoms with Gasteiger partial charge in [0.15, 0.2) is 0 Å². The van der Waals surface area contributed by atoms with Crippen LogP contribution in [0.4, 0.5) is 0 Å². The van der Waals surface area contributed by atoms with E-state index in [2.05, 4.69) is 29.6 Å². The standard InChI is InChI=1S/C13H23N2.C5H5.BrH.Fe/c14-10-4-6-12-15-11-5-3-9-13-7-1-2-8-13;1-2-4-5-3-1;;/h1-2,7-8,15H,3-6,9-12,14H2;1-5H;1H;/q2*-1;;+2. The molecule has 2 aromatic rings. The maximum absolute atomic E-state index is 5.42. The minimum atomic E-state index is 0. The van der Waals surface area contributed by atoms with E-state index >= 15 is 0 Å². The van der Waals surface area contributed by atoms with Crippen molar-refractivity contribution >= 4 is 17.0 Å². The van der Waals surface area contributed by atoms with Gasteiger partial charge in [-0.1, -0.05) is 12.8 Å². The van der Waals surface area contributed by atoms with Crippen LogP contribution in [0.3, 0.4) is 0 Å². The smallest absolute Gasteiger partial charge is 0.330 e. The molecule has 22 heavy (non-hydrogen) atoms. The molecule has 0 aliphatic heterocycles. The molecule has 0 fully saturated rings. The van der Waals surface area contributed by atoms with Crippen LogP contribution >= 0.6 is 17.0 Å². The second-order valence-electron chi connectivity index (χ2n) is 4.96. The molecule has 0 saturated heterocycles. The van der Waals surface area contributed by atoms with Crippen molar-refractivity contribution < 1.29 is 17.1 Å². The van der Waals surface area contributed by atoms with Gasteiger partial charge in [-0.3, -0.25) is 0 Å². The summed E-state index contributed by atoms with van der Waals surface area (Å²) in [6.07, 6.45) is 6.12. The Morgan fingerprint density at radius 1 is 0.909 bits per heavy atom. The molecule has 0 amide bonds. The van der Waals surface area contributed by atoms with Gasteiger partial charge in [-0.15, -0.1) is 17.0 Å². The number of nitrogens with one attached hydrogen (secondary N) is 1. The van der Waals surface area contributed by atoms with E-state index in [1.807, 2.05) is 30.3 Å². The summed E-state index contributed by atoms with van der Waals surface area (Å²) in [7, 11) is 0. The SMILES string of the molecule is Br.NCCCCNCCCCc1ccc[cH-]1.[Fe+2].c1cc[cH-]c1. The zero-order valence-corrected chi connectivity index (χ0v) is 16.0. The fourth-order valence-corrected chi connectivity index (χ4v) is 2.00. The number of nitrogens with two attached hydrogens (primary N) is 1. The minimum Gasteiger partial charge on any atom is -0.330 e. The van der Waals surface area contributed by atoms with Crippen LogP contribution in [0.25, 0.3) is 0 Å². The third-order valence-electron chi connectivity index (χ3n) is 3.16. The van der Waals surface area contributed by atoms with Crippen molar-refractivity contribution in [1.29, 1.82) is 0 Å². The van der Waals surface area contributed by atoms with Crippen molar-refractivity contribution in [2.24, 2.45) is 5.73 Å². The van der Waals surface area contributed by atoms with Crippen LogP contribution in [-0.4, -0.2) is 19.6 Å². The fourth-order valence-electron chi connectivity index (χ4n) is 2.00. The Kier molecular flexibility index (Phi) is 20.3. The zero-order valence-electron chi connectivity index (χ0n) is 13.2. The molecular weight excluding hydrogens is 380 g/mol. The van der Waals surface area contributed by atoms with E-state index in [1.165, 1.54) is 31.2 Å². The summed E-state index contributed by atoms with van der Waals surface area (Å²) in [6.45, 7) is 3.08. The summed E-state index contributed by atoms with van der Waals surface area (Å²) < 4.78 is 0. The number of hydrogen-bond donors (Lipinski definition) is 2. The fraction of sp³-hybridized carbons (Fsp3) is 0.444. The van der Waals surface area contributed by atoms with Crippen LogP contribution in [-0.2, 0) is 23.5 Å². The molecule has 2 nitrogen and oxygen atoms in total. The Morgan fingerprint density at radius 3 is 2.09 bits per heavy atom. The van der Waals surface area contributed by atoms with E-state index in [0.29, 0.717) is 0 Å². The van der Waals surface area contributed by atoms with Gasteiger partial charge in [0.2, 0.25) is 0 Å². The van der Waals surface area contributed by atoms with Crippen LogP contribution in [0.5, 0.6) is 0 Å². The largest absolute Gasteiger partial charge is 2.00 e. The van der Waals surface area contributed by atoms with Gasteiger partial charge in [0.1, 0.15) is 0 Å². The molecule has 0 heterocycles. The summed E-state index contributed by atoms with van der Waals surface area (Å²) in [4.78, 5) is 0. The van der Waals surface area contributed by atoms with E-state index in [9.17, 15) is 0 Å². The molecular formula is C18H29BrFeN2. The van der Waals surface area contributed by atoms with Gasteiger partial charge in [-0.2, -0.15) is 35.9 Å². The van der Waals surface area contributed by atoms with Gasteiger partial charge in [-0.25, -0.2) is 24.3 Å². The van der Waals surface area contributed by atoms with Crippen LogP contribution < -0.4 is 11.1 Å². The number of unbranched alkanes of at least 4 members (excludes halogenated alkanes) is 2. The molecule has 0 aromatic heterocycles. The van der Waals surface area contributed by atoms with E-state index in [-0.39, 0.29) is 34.1 Å². The van der Waals surface area contributed by atoms with Crippen molar-refractivity contribution in [3.63, 3.8) is 0 Å². The third-order valence-corrected chi connectivity index (χ3v) is 3.16. The molecule has 0 spiro atoms. The number of hydrogen-bond acceptors (Lipinski definition) is 2. The third kappa shape index (κ3) is 14.6. The molecule has 3 N–H and O–H groups in total.